The fourth-order valence-electron chi connectivity index (χ4n) is 3.39. The second kappa shape index (κ2) is 8.27. The molecule has 0 fully saturated rings. The molecule has 4 rings (SSSR count). The highest BCUT2D eigenvalue weighted by Gasteiger charge is 2.21. The van der Waals surface area contributed by atoms with Gasteiger partial charge in [0.05, 0.1) is 11.1 Å². The van der Waals surface area contributed by atoms with E-state index in [1.807, 2.05) is 13.0 Å². The number of hydrogen-bond acceptors (Lipinski definition) is 5. The molecule has 1 aliphatic carbocycles. The number of aryl methyl sites for hydroxylation is 3. The summed E-state index contributed by atoms with van der Waals surface area (Å²) >= 11 is 9.22. The van der Waals surface area contributed by atoms with Crippen molar-refractivity contribution < 1.29 is 4.79 Å². The number of carbonyl (C=O) groups excluding carboxylic acids is 1. The summed E-state index contributed by atoms with van der Waals surface area (Å²) in [7, 11) is 0. The van der Waals surface area contributed by atoms with Crippen molar-refractivity contribution in [3.63, 3.8) is 0 Å². The zero-order valence-electron chi connectivity index (χ0n) is 15.4. The first kappa shape index (κ1) is 19.5. The molecular weight excluding hydrogens is 414 g/mol. The predicted molar refractivity (Wildman–Crippen MR) is 118 cm³/mol. The van der Waals surface area contributed by atoms with Crippen molar-refractivity contribution in [1.29, 1.82) is 0 Å². The normalized spacial score (nSPS) is 13.1. The summed E-state index contributed by atoms with van der Waals surface area (Å²) in [4.78, 5) is 34.3. The van der Waals surface area contributed by atoms with Crippen molar-refractivity contribution in [2.45, 2.75) is 38.4 Å². The number of nitrogens with zero attached hydrogens (tertiary/aromatic N) is 1. The number of halogens is 1. The number of fused-ring (bicyclic) bond motifs is 3. The maximum atomic E-state index is 12.5. The average molecular weight is 434 g/mol. The lowest BCUT2D eigenvalue weighted by Crippen LogP contribution is -2.14. The summed E-state index contributed by atoms with van der Waals surface area (Å²) < 4.78 is 0. The quantitative estimate of drug-likeness (QED) is 0.552. The van der Waals surface area contributed by atoms with Gasteiger partial charge in [-0.2, -0.15) is 11.8 Å². The van der Waals surface area contributed by atoms with Gasteiger partial charge in [0, 0.05) is 27.8 Å². The number of rotatable bonds is 6. The molecule has 0 unspecified atom stereocenters. The number of thiophene rings is 1. The Morgan fingerprint density at radius 1 is 1.39 bits per heavy atom. The van der Waals surface area contributed by atoms with Crippen molar-refractivity contribution >= 4 is 56.5 Å². The van der Waals surface area contributed by atoms with Crippen LogP contribution in [0.15, 0.2) is 23.0 Å². The second-order valence-corrected chi connectivity index (χ2v) is 9.49. The molecule has 146 valence electrons. The van der Waals surface area contributed by atoms with E-state index in [9.17, 15) is 9.59 Å². The highest BCUT2D eigenvalue weighted by Crippen LogP contribution is 2.34. The fourth-order valence-corrected chi connectivity index (χ4v) is 5.65. The average Bonchev–Trinajstić information content (AvgIpc) is 3.22. The van der Waals surface area contributed by atoms with Crippen molar-refractivity contribution in [2.75, 3.05) is 11.1 Å². The van der Waals surface area contributed by atoms with E-state index in [1.165, 1.54) is 10.4 Å². The van der Waals surface area contributed by atoms with E-state index in [0.717, 1.165) is 40.7 Å². The molecule has 0 atom stereocenters. The van der Waals surface area contributed by atoms with Gasteiger partial charge in [-0.25, -0.2) is 4.98 Å². The van der Waals surface area contributed by atoms with Gasteiger partial charge in [-0.1, -0.05) is 17.7 Å². The number of aromatic nitrogens is 2. The Morgan fingerprint density at radius 2 is 2.25 bits per heavy atom. The standard InChI is InChI=1S/C20H20ClN3O2S2/c1-11-5-6-12(21)9-14(11)22-17(25)7-8-27-10-16-23-19(26)18-13-3-2-4-15(13)28-20(18)24-16/h5-6,9H,2-4,7-8,10H2,1H3,(H,22,25)(H,23,24,26). The van der Waals surface area contributed by atoms with E-state index in [-0.39, 0.29) is 11.5 Å². The van der Waals surface area contributed by atoms with E-state index in [4.69, 9.17) is 11.6 Å². The van der Waals surface area contributed by atoms with Crippen LogP contribution in [0.3, 0.4) is 0 Å². The van der Waals surface area contributed by atoms with Gasteiger partial charge < -0.3 is 10.3 Å². The van der Waals surface area contributed by atoms with Gasteiger partial charge >= 0.3 is 0 Å². The molecule has 8 heteroatoms. The molecule has 0 bridgehead atoms. The Hall–Kier alpha value is -1.83. The monoisotopic (exact) mass is 433 g/mol. The van der Waals surface area contributed by atoms with E-state index in [1.54, 1.807) is 35.2 Å². The third-order valence-corrected chi connectivity index (χ3v) is 7.20. The minimum atomic E-state index is -0.0514. The molecule has 0 saturated carbocycles. The maximum Gasteiger partial charge on any atom is 0.259 e. The predicted octanol–water partition coefficient (Wildman–Crippen LogP) is 4.70. The lowest BCUT2D eigenvalue weighted by Gasteiger charge is -2.08. The maximum absolute atomic E-state index is 12.5. The highest BCUT2D eigenvalue weighted by molar-refractivity contribution is 7.98. The molecule has 3 aromatic rings. The van der Waals surface area contributed by atoms with Crippen LogP contribution >= 0.6 is 34.7 Å². The van der Waals surface area contributed by atoms with Crippen LogP contribution in [0, 0.1) is 6.92 Å². The largest absolute Gasteiger partial charge is 0.326 e. The van der Waals surface area contributed by atoms with E-state index in [2.05, 4.69) is 15.3 Å². The molecule has 5 nitrogen and oxygen atoms in total. The lowest BCUT2D eigenvalue weighted by atomic mass is 10.2. The molecule has 28 heavy (non-hydrogen) atoms. The van der Waals surface area contributed by atoms with Crippen LogP contribution in [-0.2, 0) is 23.4 Å². The van der Waals surface area contributed by atoms with Crippen molar-refractivity contribution in [1.82, 2.24) is 9.97 Å². The van der Waals surface area contributed by atoms with E-state index >= 15 is 0 Å². The Bertz CT molecular complexity index is 1110. The minimum absolute atomic E-state index is 0.0332. The number of H-pyrrole nitrogens is 1. The van der Waals surface area contributed by atoms with E-state index < -0.39 is 0 Å². The Morgan fingerprint density at radius 3 is 3.11 bits per heavy atom. The SMILES string of the molecule is Cc1ccc(Cl)cc1NC(=O)CCSCc1nc2sc3c(c2c(=O)[nH]1)CCC3. The van der Waals surface area contributed by atoms with Crippen molar-refractivity contribution in [3.8, 4) is 0 Å². The van der Waals surface area contributed by atoms with Crippen molar-refractivity contribution in [2.24, 2.45) is 0 Å². The second-order valence-electron chi connectivity index (χ2n) is 6.86. The summed E-state index contributed by atoms with van der Waals surface area (Å²) in [5.74, 6) is 1.85. The smallest absolute Gasteiger partial charge is 0.259 e. The highest BCUT2D eigenvalue weighted by atomic mass is 35.5. The molecule has 2 heterocycles. The van der Waals surface area contributed by atoms with Gasteiger partial charge in [0.25, 0.3) is 5.56 Å². The number of amides is 1. The molecule has 1 aliphatic rings. The summed E-state index contributed by atoms with van der Waals surface area (Å²) in [6.07, 6.45) is 3.55. The number of thioether (sulfide) groups is 1. The van der Waals surface area contributed by atoms with Gasteiger partial charge in [-0.15, -0.1) is 11.3 Å². The Labute approximate surface area is 175 Å². The molecule has 0 radical (unpaired) electrons. The molecule has 0 spiro atoms. The molecule has 2 aromatic heterocycles. The van der Waals surface area contributed by atoms with Crippen LogP contribution in [0.25, 0.3) is 10.2 Å². The zero-order valence-corrected chi connectivity index (χ0v) is 17.8. The first-order chi connectivity index (χ1) is 13.5. The summed E-state index contributed by atoms with van der Waals surface area (Å²) in [5.41, 5.74) is 2.88. The van der Waals surface area contributed by atoms with Crippen LogP contribution in [-0.4, -0.2) is 21.6 Å². The first-order valence-electron chi connectivity index (χ1n) is 9.18. The topological polar surface area (TPSA) is 74.8 Å². The fraction of sp³-hybridized carbons (Fsp3) is 0.350. The van der Waals surface area contributed by atoms with Crippen LogP contribution < -0.4 is 10.9 Å². The number of nitrogens with one attached hydrogen (secondary N) is 2. The zero-order chi connectivity index (χ0) is 19.7. The van der Waals surface area contributed by atoms with Crippen LogP contribution in [0.5, 0.6) is 0 Å². The van der Waals surface area contributed by atoms with Crippen LogP contribution in [0.4, 0.5) is 5.69 Å². The van der Waals surface area contributed by atoms with E-state index in [0.29, 0.717) is 28.8 Å². The molecule has 1 aromatic carbocycles. The first-order valence-corrected chi connectivity index (χ1v) is 11.5. The minimum Gasteiger partial charge on any atom is -0.326 e. The molecule has 2 N–H and O–H groups in total. The molecule has 0 saturated heterocycles. The number of carbonyl (C=O) groups is 1. The summed E-state index contributed by atoms with van der Waals surface area (Å²) in [5, 5.41) is 4.27. The van der Waals surface area contributed by atoms with Crippen LogP contribution in [0.2, 0.25) is 5.02 Å². The third kappa shape index (κ3) is 4.11. The Kier molecular flexibility index (Phi) is 5.75. The van der Waals surface area contributed by atoms with Gasteiger partial charge in [0.2, 0.25) is 5.91 Å². The number of anilines is 1. The summed E-state index contributed by atoms with van der Waals surface area (Å²) in [6, 6.07) is 5.44. The molecule has 0 aliphatic heterocycles. The molecule has 1 amide bonds. The van der Waals surface area contributed by atoms with Gasteiger partial charge in [0.15, 0.2) is 0 Å². The van der Waals surface area contributed by atoms with Gasteiger partial charge in [-0.05, 0) is 49.4 Å². The van der Waals surface area contributed by atoms with Crippen LogP contribution in [0.1, 0.15) is 34.7 Å². The number of aromatic amines is 1. The third-order valence-electron chi connectivity index (χ3n) is 4.81. The van der Waals surface area contributed by atoms with Gasteiger partial charge in [-0.3, -0.25) is 9.59 Å². The van der Waals surface area contributed by atoms with Gasteiger partial charge in [0.1, 0.15) is 10.7 Å². The number of benzene rings is 1. The lowest BCUT2D eigenvalue weighted by molar-refractivity contribution is -0.115. The van der Waals surface area contributed by atoms with Crippen molar-refractivity contribution in [3.05, 3.63) is 55.4 Å². The summed E-state index contributed by atoms with van der Waals surface area (Å²) in [6.45, 7) is 1.93. The number of hydrogen-bond donors (Lipinski definition) is 2. The Balaban J connectivity index is 1.32. The molecular formula is C20H20ClN3O2S2.